The molecule has 0 bridgehead atoms. The van der Waals surface area contributed by atoms with Gasteiger partial charge in [0.15, 0.2) is 0 Å². The predicted molar refractivity (Wildman–Crippen MR) is 130 cm³/mol. The summed E-state index contributed by atoms with van der Waals surface area (Å²) in [6, 6.07) is 23.8. The maximum absolute atomic E-state index is 13.3. The normalized spacial score (nSPS) is 15.2. The number of nitrogens with one attached hydrogen (secondary N) is 2. The molecule has 174 valence electrons. The minimum atomic E-state index is -0.805. The Hall–Kier alpha value is -3.89. The van der Waals surface area contributed by atoms with Crippen molar-refractivity contribution in [1.29, 1.82) is 5.26 Å². The van der Waals surface area contributed by atoms with Crippen LogP contribution in [0, 0.1) is 11.3 Å². The molecule has 7 nitrogen and oxygen atoms in total. The SMILES string of the molecule is N#C[C@H](Cc1cccc2ccccc12)NC(=O)[C@H](Cc1ccccc1)NC(=O)N1CCOCC1. The lowest BCUT2D eigenvalue weighted by Gasteiger charge is -2.29. The van der Waals surface area contributed by atoms with Gasteiger partial charge in [0.25, 0.3) is 0 Å². The van der Waals surface area contributed by atoms with Crippen LogP contribution in [0.15, 0.2) is 72.8 Å². The summed E-state index contributed by atoms with van der Waals surface area (Å²) in [5.74, 6) is -0.378. The second-order valence-electron chi connectivity index (χ2n) is 8.32. The van der Waals surface area contributed by atoms with Gasteiger partial charge in [0.05, 0.1) is 19.3 Å². The quantitative estimate of drug-likeness (QED) is 0.571. The van der Waals surface area contributed by atoms with E-state index in [4.69, 9.17) is 4.74 Å². The second-order valence-corrected chi connectivity index (χ2v) is 8.32. The molecule has 0 unspecified atom stereocenters. The number of nitrogens with zero attached hydrogens (tertiary/aromatic N) is 2. The largest absolute Gasteiger partial charge is 0.378 e. The Balaban J connectivity index is 1.48. The number of morpholine rings is 1. The fourth-order valence-electron chi connectivity index (χ4n) is 4.16. The highest BCUT2D eigenvalue weighted by Gasteiger charge is 2.27. The number of fused-ring (bicyclic) bond motifs is 1. The first-order valence-electron chi connectivity index (χ1n) is 11.5. The molecule has 1 aliphatic rings. The van der Waals surface area contributed by atoms with E-state index in [2.05, 4.69) is 16.7 Å². The Morgan fingerprint density at radius 2 is 1.62 bits per heavy atom. The van der Waals surface area contributed by atoms with Crippen molar-refractivity contribution in [3.05, 3.63) is 83.9 Å². The zero-order chi connectivity index (χ0) is 23.8. The summed E-state index contributed by atoms with van der Waals surface area (Å²) < 4.78 is 5.32. The van der Waals surface area contributed by atoms with Crippen molar-refractivity contribution in [3.8, 4) is 6.07 Å². The Morgan fingerprint density at radius 3 is 2.38 bits per heavy atom. The number of hydrogen-bond acceptors (Lipinski definition) is 4. The van der Waals surface area contributed by atoms with Crippen LogP contribution in [0.1, 0.15) is 11.1 Å². The van der Waals surface area contributed by atoms with Gasteiger partial charge < -0.3 is 20.3 Å². The molecular formula is C27H28N4O3. The van der Waals surface area contributed by atoms with Gasteiger partial charge in [0.1, 0.15) is 12.1 Å². The van der Waals surface area contributed by atoms with Crippen LogP contribution in [0.2, 0.25) is 0 Å². The van der Waals surface area contributed by atoms with Crippen molar-refractivity contribution in [1.82, 2.24) is 15.5 Å². The Bertz CT molecular complexity index is 1160. The Labute approximate surface area is 199 Å². The summed E-state index contributed by atoms with van der Waals surface area (Å²) in [5.41, 5.74) is 1.91. The average Bonchev–Trinajstić information content (AvgIpc) is 2.89. The fourth-order valence-corrected chi connectivity index (χ4v) is 4.16. The highest BCUT2D eigenvalue weighted by Crippen LogP contribution is 2.20. The number of ether oxygens (including phenoxy) is 1. The molecule has 0 radical (unpaired) electrons. The molecule has 2 atom stereocenters. The molecular weight excluding hydrogens is 428 g/mol. The van der Waals surface area contributed by atoms with E-state index in [1.54, 1.807) is 4.90 Å². The molecule has 0 aliphatic carbocycles. The molecule has 1 aliphatic heterocycles. The van der Waals surface area contributed by atoms with Gasteiger partial charge in [-0.05, 0) is 21.9 Å². The van der Waals surface area contributed by atoms with Crippen LogP contribution in [0.4, 0.5) is 4.79 Å². The van der Waals surface area contributed by atoms with E-state index in [0.717, 1.165) is 21.9 Å². The first-order valence-corrected chi connectivity index (χ1v) is 11.5. The standard InChI is InChI=1S/C27H28N4O3/c28-19-23(18-22-11-6-10-21-9-4-5-12-24(21)22)29-26(32)25(17-20-7-2-1-3-8-20)30-27(33)31-13-15-34-16-14-31/h1-12,23,25H,13-18H2,(H,29,32)(H,30,33)/t23-,25-/m0/s1. The van der Waals surface area contributed by atoms with E-state index >= 15 is 0 Å². The Morgan fingerprint density at radius 1 is 0.912 bits per heavy atom. The van der Waals surface area contributed by atoms with Crippen LogP contribution in [0.5, 0.6) is 0 Å². The van der Waals surface area contributed by atoms with E-state index in [9.17, 15) is 14.9 Å². The molecule has 0 spiro atoms. The summed E-state index contributed by atoms with van der Waals surface area (Å²) >= 11 is 0. The summed E-state index contributed by atoms with van der Waals surface area (Å²) in [4.78, 5) is 27.7. The topological polar surface area (TPSA) is 94.5 Å². The third-order valence-electron chi connectivity index (χ3n) is 5.97. The fraction of sp³-hybridized carbons (Fsp3) is 0.296. The lowest BCUT2D eigenvalue weighted by molar-refractivity contribution is -0.123. The van der Waals surface area contributed by atoms with Crippen LogP contribution in [-0.4, -0.2) is 55.2 Å². The molecule has 4 rings (SSSR count). The summed E-state index contributed by atoms with van der Waals surface area (Å²) in [6.07, 6.45) is 0.703. The monoisotopic (exact) mass is 456 g/mol. The zero-order valence-corrected chi connectivity index (χ0v) is 18.9. The maximum Gasteiger partial charge on any atom is 0.318 e. The molecule has 1 heterocycles. The molecule has 34 heavy (non-hydrogen) atoms. The summed E-state index contributed by atoms with van der Waals surface area (Å²) in [7, 11) is 0. The first-order chi connectivity index (χ1) is 16.6. The second kappa shape index (κ2) is 11.3. The molecule has 3 aromatic carbocycles. The minimum Gasteiger partial charge on any atom is -0.378 e. The highest BCUT2D eigenvalue weighted by molar-refractivity contribution is 5.88. The van der Waals surface area contributed by atoms with Gasteiger partial charge in [-0.15, -0.1) is 0 Å². The van der Waals surface area contributed by atoms with Gasteiger partial charge in [-0.1, -0.05) is 72.8 Å². The molecule has 0 saturated carbocycles. The van der Waals surface area contributed by atoms with Gasteiger partial charge in [0, 0.05) is 25.9 Å². The van der Waals surface area contributed by atoms with E-state index in [-0.39, 0.29) is 11.9 Å². The zero-order valence-electron chi connectivity index (χ0n) is 18.9. The Kier molecular flexibility index (Phi) is 7.74. The van der Waals surface area contributed by atoms with Crippen molar-refractivity contribution < 1.29 is 14.3 Å². The van der Waals surface area contributed by atoms with E-state index < -0.39 is 12.1 Å². The van der Waals surface area contributed by atoms with Crippen molar-refractivity contribution in [2.24, 2.45) is 0 Å². The van der Waals surface area contributed by atoms with Crippen LogP contribution in [0.25, 0.3) is 10.8 Å². The number of rotatable bonds is 7. The van der Waals surface area contributed by atoms with Crippen LogP contribution < -0.4 is 10.6 Å². The number of nitriles is 1. The minimum absolute atomic E-state index is 0.304. The molecule has 7 heteroatoms. The van der Waals surface area contributed by atoms with Gasteiger partial charge in [-0.3, -0.25) is 4.79 Å². The van der Waals surface area contributed by atoms with E-state index in [1.165, 1.54) is 0 Å². The number of amides is 3. The molecule has 1 saturated heterocycles. The summed E-state index contributed by atoms with van der Waals surface area (Å²) in [5, 5.41) is 17.7. The third-order valence-corrected chi connectivity index (χ3v) is 5.97. The van der Waals surface area contributed by atoms with E-state index in [0.29, 0.717) is 39.1 Å². The highest BCUT2D eigenvalue weighted by atomic mass is 16.5. The van der Waals surface area contributed by atoms with Gasteiger partial charge in [-0.25, -0.2) is 4.79 Å². The molecule has 3 aromatic rings. The number of benzene rings is 3. The molecule has 2 N–H and O–H groups in total. The smallest absolute Gasteiger partial charge is 0.318 e. The predicted octanol–water partition coefficient (Wildman–Crippen LogP) is 3.04. The van der Waals surface area contributed by atoms with Crippen molar-refractivity contribution in [2.45, 2.75) is 24.9 Å². The first kappa shape index (κ1) is 23.3. The maximum atomic E-state index is 13.3. The summed E-state index contributed by atoms with van der Waals surface area (Å²) in [6.45, 7) is 1.91. The average molecular weight is 457 g/mol. The third kappa shape index (κ3) is 5.91. The van der Waals surface area contributed by atoms with Gasteiger partial charge in [0.2, 0.25) is 5.91 Å². The van der Waals surface area contributed by atoms with Crippen molar-refractivity contribution >= 4 is 22.7 Å². The number of carbonyl (C=O) groups is 2. The number of urea groups is 1. The van der Waals surface area contributed by atoms with Crippen LogP contribution in [0.3, 0.4) is 0 Å². The van der Waals surface area contributed by atoms with Crippen molar-refractivity contribution in [2.75, 3.05) is 26.3 Å². The van der Waals surface area contributed by atoms with Crippen LogP contribution in [-0.2, 0) is 22.4 Å². The number of hydrogen-bond donors (Lipinski definition) is 2. The lowest BCUT2D eigenvalue weighted by atomic mass is 9.98. The molecule has 0 aromatic heterocycles. The molecule has 1 fully saturated rings. The van der Waals surface area contributed by atoms with Gasteiger partial charge >= 0.3 is 6.03 Å². The number of carbonyl (C=O) groups excluding carboxylic acids is 2. The van der Waals surface area contributed by atoms with Crippen molar-refractivity contribution in [3.63, 3.8) is 0 Å². The molecule has 3 amide bonds. The van der Waals surface area contributed by atoms with Crippen LogP contribution >= 0.6 is 0 Å². The lowest BCUT2D eigenvalue weighted by Crippen LogP contribution is -2.55. The van der Waals surface area contributed by atoms with E-state index in [1.807, 2.05) is 72.8 Å². The van der Waals surface area contributed by atoms with Gasteiger partial charge in [-0.2, -0.15) is 5.26 Å².